The van der Waals surface area contributed by atoms with Gasteiger partial charge in [-0.15, -0.1) is 0 Å². The van der Waals surface area contributed by atoms with E-state index in [9.17, 15) is 14.7 Å². The number of amides is 1. The van der Waals surface area contributed by atoms with Gasteiger partial charge in [0, 0.05) is 26.2 Å². The highest BCUT2D eigenvalue weighted by atomic mass is 16.6. The molecule has 0 aliphatic carbocycles. The van der Waals surface area contributed by atoms with Crippen molar-refractivity contribution in [3.8, 4) is 0 Å². The van der Waals surface area contributed by atoms with Crippen molar-refractivity contribution in [1.82, 2.24) is 9.80 Å². The molecule has 0 spiro atoms. The second kappa shape index (κ2) is 6.43. The summed E-state index contributed by atoms with van der Waals surface area (Å²) in [7, 11) is 0. The van der Waals surface area contributed by atoms with Crippen molar-refractivity contribution in [2.24, 2.45) is 5.92 Å². The van der Waals surface area contributed by atoms with Gasteiger partial charge in [0.25, 0.3) is 0 Å². The van der Waals surface area contributed by atoms with Crippen molar-refractivity contribution < 1.29 is 19.4 Å². The Morgan fingerprint density at radius 3 is 2.35 bits per heavy atom. The van der Waals surface area contributed by atoms with Crippen LogP contribution in [0.3, 0.4) is 0 Å². The maximum atomic E-state index is 12.1. The molecule has 0 aromatic heterocycles. The molecule has 0 saturated carbocycles. The van der Waals surface area contributed by atoms with Gasteiger partial charge in [-0.3, -0.25) is 9.80 Å². The molecule has 1 heterocycles. The normalized spacial score (nSPS) is 21.1. The molecule has 0 aromatic carbocycles. The molecule has 1 fully saturated rings. The number of aliphatic carboxylic acids is 1. The number of hydrogen-bond donors (Lipinski definition) is 1. The smallest absolute Gasteiger partial charge is 0.411 e. The van der Waals surface area contributed by atoms with Crippen LogP contribution in [0.25, 0.3) is 0 Å². The number of rotatable bonds is 3. The molecule has 20 heavy (non-hydrogen) atoms. The summed E-state index contributed by atoms with van der Waals surface area (Å²) in [4.78, 5) is 26.9. The Morgan fingerprint density at radius 2 is 1.90 bits per heavy atom. The van der Waals surface area contributed by atoms with E-state index in [1.165, 1.54) is 4.90 Å². The van der Waals surface area contributed by atoms with E-state index in [2.05, 4.69) is 18.7 Å². The monoisotopic (exact) mass is 286 g/mol. The van der Waals surface area contributed by atoms with Gasteiger partial charge in [0.15, 0.2) is 0 Å². The third-order valence-electron chi connectivity index (χ3n) is 3.00. The lowest BCUT2D eigenvalue weighted by Crippen LogP contribution is -2.59. The number of carbonyl (C=O) groups excluding carboxylic acids is 1. The maximum absolute atomic E-state index is 12.1. The summed E-state index contributed by atoms with van der Waals surface area (Å²) in [6, 6.07) is -0.836. The standard InChI is InChI=1S/C14H26N2O4/c1-10(2)8-15-6-7-16(11(9-15)12(17)18)13(19)20-14(3,4)5/h10-11H,6-9H2,1-5H3,(H,17,18). The van der Waals surface area contributed by atoms with Crippen LogP contribution in [0.5, 0.6) is 0 Å². The van der Waals surface area contributed by atoms with Crippen LogP contribution in [0.1, 0.15) is 34.6 Å². The summed E-state index contributed by atoms with van der Waals surface area (Å²) in [5, 5.41) is 9.33. The first-order valence-corrected chi connectivity index (χ1v) is 7.05. The highest BCUT2D eigenvalue weighted by molar-refractivity contribution is 5.80. The molecule has 1 amide bonds. The third kappa shape index (κ3) is 5.00. The molecule has 1 aliphatic heterocycles. The lowest BCUT2D eigenvalue weighted by molar-refractivity contribution is -0.145. The van der Waals surface area contributed by atoms with Crippen molar-refractivity contribution in [3.63, 3.8) is 0 Å². The molecule has 0 bridgehead atoms. The van der Waals surface area contributed by atoms with Gasteiger partial charge in [-0.2, -0.15) is 0 Å². The highest BCUT2D eigenvalue weighted by Gasteiger charge is 2.37. The largest absolute Gasteiger partial charge is 0.480 e. The SMILES string of the molecule is CC(C)CN1CCN(C(=O)OC(C)(C)C)C(C(=O)O)C1. The molecule has 6 nitrogen and oxygen atoms in total. The van der Waals surface area contributed by atoms with E-state index in [1.807, 2.05) is 0 Å². The summed E-state index contributed by atoms with van der Waals surface area (Å²) in [6.45, 7) is 11.8. The fourth-order valence-corrected chi connectivity index (χ4v) is 2.27. The number of nitrogens with zero attached hydrogens (tertiary/aromatic N) is 2. The molecular formula is C14H26N2O4. The minimum Gasteiger partial charge on any atom is -0.480 e. The van der Waals surface area contributed by atoms with Crippen molar-refractivity contribution in [2.45, 2.75) is 46.3 Å². The van der Waals surface area contributed by atoms with Crippen LogP contribution in [-0.2, 0) is 9.53 Å². The molecule has 1 unspecified atom stereocenters. The Kier molecular flexibility index (Phi) is 5.39. The Hall–Kier alpha value is -1.30. The zero-order valence-corrected chi connectivity index (χ0v) is 13.0. The molecule has 0 radical (unpaired) electrons. The van der Waals surface area contributed by atoms with Crippen LogP contribution in [0.2, 0.25) is 0 Å². The number of carbonyl (C=O) groups is 2. The van der Waals surface area contributed by atoms with E-state index in [0.29, 0.717) is 25.6 Å². The summed E-state index contributed by atoms with van der Waals surface area (Å²) < 4.78 is 5.28. The zero-order chi connectivity index (χ0) is 15.5. The zero-order valence-electron chi connectivity index (χ0n) is 13.0. The molecule has 6 heteroatoms. The second-order valence-corrected chi connectivity index (χ2v) is 6.68. The van der Waals surface area contributed by atoms with Gasteiger partial charge in [-0.05, 0) is 26.7 Å². The second-order valence-electron chi connectivity index (χ2n) is 6.68. The third-order valence-corrected chi connectivity index (χ3v) is 3.00. The van der Waals surface area contributed by atoms with Crippen LogP contribution in [-0.4, -0.2) is 64.8 Å². The van der Waals surface area contributed by atoms with Gasteiger partial charge in [0.1, 0.15) is 11.6 Å². The lowest BCUT2D eigenvalue weighted by Gasteiger charge is -2.40. The number of carboxylic acids is 1. The summed E-state index contributed by atoms with van der Waals surface area (Å²) in [6.07, 6.45) is -0.547. The van der Waals surface area contributed by atoms with Crippen LogP contribution in [0.4, 0.5) is 4.79 Å². The average molecular weight is 286 g/mol. The summed E-state index contributed by atoms with van der Waals surface area (Å²) >= 11 is 0. The number of ether oxygens (including phenoxy) is 1. The predicted molar refractivity (Wildman–Crippen MR) is 75.6 cm³/mol. The van der Waals surface area contributed by atoms with Gasteiger partial charge in [-0.25, -0.2) is 9.59 Å². The van der Waals surface area contributed by atoms with E-state index in [-0.39, 0.29) is 0 Å². The molecule has 116 valence electrons. The Balaban J connectivity index is 2.72. The van der Waals surface area contributed by atoms with E-state index in [1.54, 1.807) is 20.8 Å². The number of piperazine rings is 1. The van der Waals surface area contributed by atoms with Crippen molar-refractivity contribution in [3.05, 3.63) is 0 Å². The molecular weight excluding hydrogens is 260 g/mol. The molecule has 1 rings (SSSR count). The quantitative estimate of drug-likeness (QED) is 0.854. The first-order valence-electron chi connectivity index (χ1n) is 7.05. The minimum absolute atomic E-state index is 0.354. The van der Waals surface area contributed by atoms with E-state index < -0.39 is 23.7 Å². The first kappa shape index (κ1) is 16.8. The van der Waals surface area contributed by atoms with Crippen molar-refractivity contribution in [1.29, 1.82) is 0 Å². The molecule has 1 saturated heterocycles. The summed E-state index contributed by atoms with van der Waals surface area (Å²) in [5.41, 5.74) is -0.616. The van der Waals surface area contributed by atoms with E-state index in [4.69, 9.17) is 4.74 Å². The number of carboxylic acid groups (broad SMARTS) is 1. The molecule has 0 aromatic rings. The van der Waals surface area contributed by atoms with Gasteiger partial charge < -0.3 is 9.84 Å². The van der Waals surface area contributed by atoms with Gasteiger partial charge in [0.05, 0.1) is 0 Å². The Labute approximate surface area is 120 Å². The van der Waals surface area contributed by atoms with Crippen LogP contribution >= 0.6 is 0 Å². The van der Waals surface area contributed by atoms with E-state index in [0.717, 1.165) is 6.54 Å². The average Bonchev–Trinajstić information content (AvgIpc) is 2.25. The van der Waals surface area contributed by atoms with Gasteiger partial charge in [-0.1, -0.05) is 13.8 Å². The molecule has 1 atom stereocenters. The molecule has 1 aliphatic rings. The first-order chi connectivity index (χ1) is 9.10. The van der Waals surface area contributed by atoms with Gasteiger partial charge in [0.2, 0.25) is 0 Å². The number of hydrogen-bond acceptors (Lipinski definition) is 4. The lowest BCUT2D eigenvalue weighted by atomic mass is 10.1. The van der Waals surface area contributed by atoms with Gasteiger partial charge >= 0.3 is 12.1 Å². The fourth-order valence-electron chi connectivity index (χ4n) is 2.27. The fraction of sp³-hybridized carbons (Fsp3) is 0.857. The maximum Gasteiger partial charge on any atom is 0.411 e. The van der Waals surface area contributed by atoms with E-state index >= 15 is 0 Å². The van der Waals surface area contributed by atoms with Crippen molar-refractivity contribution in [2.75, 3.05) is 26.2 Å². The molecule has 1 N–H and O–H groups in total. The van der Waals surface area contributed by atoms with Crippen molar-refractivity contribution >= 4 is 12.1 Å². The Bertz CT molecular complexity index is 363. The topological polar surface area (TPSA) is 70.1 Å². The summed E-state index contributed by atoms with van der Waals surface area (Å²) in [5.74, 6) is -0.512. The predicted octanol–water partition coefficient (Wildman–Crippen LogP) is 1.65. The Morgan fingerprint density at radius 1 is 1.30 bits per heavy atom. The van der Waals surface area contributed by atoms with Crippen LogP contribution < -0.4 is 0 Å². The van der Waals surface area contributed by atoms with Crippen LogP contribution in [0, 0.1) is 5.92 Å². The minimum atomic E-state index is -0.982. The van der Waals surface area contributed by atoms with Crippen LogP contribution in [0.15, 0.2) is 0 Å². The highest BCUT2D eigenvalue weighted by Crippen LogP contribution is 2.16.